The molecule has 4 nitrogen and oxygen atoms in total. The van der Waals surface area contributed by atoms with Crippen LogP contribution in [0.25, 0.3) is 0 Å². The lowest BCUT2D eigenvalue weighted by Crippen LogP contribution is -2.48. The van der Waals surface area contributed by atoms with E-state index >= 15 is 0 Å². The van der Waals surface area contributed by atoms with Crippen molar-refractivity contribution in [2.45, 2.75) is 52.0 Å². The van der Waals surface area contributed by atoms with Crippen LogP contribution in [0.15, 0.2) is 0 Å². The maximum Gasteiger partial charge on any atom is 0.319 e. The van der Waals surface area contributed by atoms with E-state index < -0.39 is 0 Å². The molecule has 2 N–H and O–H groups in total. The number of methoxy groups -OCH3 is 1. The Labute approximate surface area is 117 Å². The number of hydrogen-bond donors (Lipinski definition) is 1. The summed E-state index contributed by atoms with van der Waals surface area (Å²) in [4.78, 5) is 13.8. The Morgan fingerprint density at radius 3 is 2.63 bits per heavy atom. The molecule has 0 radical (unpaired) electrons. The third kappa shape index (κ3) is 4.77. The van der Waals surface area contributed by atoms with E-state index in [1.165, 1.54) is 39.2 Å². The van der Waals surface area contributed by atoms with Crippen LogP contribution in [-0.4, -0.2) is 43.7 Å². The Balaban J connectivity index is 2.68. The Morgan fingerprint density at radius 1 is 1.37 bits per heavy atom. The summed E-state index contributed by atoms with van der Waals surface area (Å²) >= 11 is 0. The molecule has 3 unspecified atom stereocenters. The van der Waals surface area contributed by atoms with E-state index in [4.69, 9.17) is 10.5 Å². The van der Waals surface area contributed by atoms with Crippen LogP contribution in [0.3, 0.4) is 0 Å². The summed E-state index contributed by atoms with van der Waals surface area (Å²) in [7, 11) is 1.46. The fourth-order valence-corrected chi connectivity index (χ4v) is 3.38. The summed E-state index contributed by atoms with van der Waals surface area (Å²) in [5.41, 5.74) is 5.93. The highest BCUT2D eigenvalue weighted by Gasteiger charge is 2.33. The van der Waals surface area contributed by atoms with Crippen LogP contribution in [0.1, 0.15) is 46.0 Å². The van der Waals surface area contributed by atoms with Crippen LogP contribution in [0.2, 0.25) is 0 Å². The minimum atomic E-state index is -0.143. The Bertz CT molecular complexity index is 271. The average Bonchev–Trinajstić information content (AvgIpc) is 2.44. The number of rotatable bonds is 7. The third-order valence-electron chi connectivity index (χ3n) is 4.50. The largest absolute Gasteiger partial charge is 0.468 e. The first-order chi connectivity index (χ1) is 9.15. The molecule has 4 heteroatoms. The monoisotopic (exact) mass is 270 g/mol. The van der Waals surface area contributed by atoms with Crippen molar-refractivity contribution >= 4 is 5.97 Å². The van der Waals surface area contributed by atoms with Gasteiger partial charge >= 0.3 is 5.97 Å². The van der Waals surface area contributed by atoms with Crippen molar-refractivity contribution in [3.8, 4) is 0 Å². The second kappa shape index (κ2) is 8.54. The Kier molecular flexibility index (Phi) is 7.39. The molecule has 1 aliphatic carbocycles. The van der Waals surface area contributed by atoms with Gasteiger partial charge in [0, 0.05) is 6.04 Å². The van der Waals surface area contributed by atoms with Crippen LogP contribution < -0.4 is 5.73 Å². The summed E-state index contributed by atoms with van der Waals surface area (Å²) in [6, 6.07) is 0.444. The second-order valence-corrected chi connectivity index (χ2v) is 5.67. The molecule has 0 spiro atoms. The minimum absolute atomic E-state index is 0.143. The minimum Gasteiger partial charge on any atom is -0.468 e. The van der Waals surface area contributed by atoms with Gasteiger partial charge < -0.3 is 10.5 Å². The van der Waals surface area contributed by atoms with Gasteiger partial charge in [-0.1, -0.05) is 33.1 Å². The molecule has 0 aromatic rings. The molecule has 0 heterocycles. The molecular weight excluding hydrogens is 240 g/mol. The second-order valence-electron chi connectivity index (χ2n) is 5.67. The standard InChI is InChI=1S/C15H30N2O2/c1-4-6-12-7-8-13(10-16)14(9-12)17(5-2)11-15(18)19-3/h12-14H,4-11,16H2,1-3H3. The normalized spacial score (nSPS) is 27.5. The predicted molar refractivity (Wildman–Crippen MR) is 77.8 cm³/mol. The van der Waals surface area contributed by atoms with Gasteiger partial charge in [0.15, 0.2) is 0 Å². The molecule has 1 aliphatic rings. The van der Waals surface area contributed by atoms with E-state index in [9.17, 15) is 4.79 Å². The van der Waals surface area contributed by atoms with Gasteiger partial charge in [0.2, 0.25) is 0 Å². The first kappa shape index (κ1) is 16.4. The van der Waals surface area contributed by atoms with E-state index in [0.29, 0.717) is 18.5 Å². The first-order valence-corrected chi connectivity index (χ1v) is 7.67. The lowest BCUT2D eigenvalue weighted by atomic mass is 9.76. The molecule has 0 amide bonds. The predicted octanol–water partition coefficient (Wildman–Crippen LogP) is 2.02. The molecular formula is C15H30N2O2. The number of nitrogens with zero attached hydrogens (tertiary/aromatic N) is 1. The maximum atomic E-state index is 11.5. The van der Waals surface area contributed by atoms with Gasteiger partial charge in [0.25, 0.3) is 0 Å². The number of ether oxygens (including phenoxy) is 1. The maximum absolute atomic E-state index is 11.5. The molecule has 0 aliphatic heterocycles. The number of carbonyl (C=O) groups is 1. The molecule has 0 aromatic heterocycles. The highest BCUT2D eigenvalue weighted by Crippen LogP contribution is 2.34. The third-order valence-corrected chi connectivity index (χ3v) is 4.50. The van der Waals surface area contributed by atoms with Crippen molar-refractivity contribution in [1.29, 1.82) is 0 Å². The Hall–Kier alpha value is -0.610. The summed E-state index contributed by atoms with van der Waals surface area (Å²) in [5.74, 6) is 1.18. The van der Waals surface area contributed by atoms with Gasteiger partial charge in [0.1, 0.15) is 0 Å². The molecule has 19 heavy (non-hydrogen) atoms. The summed E-state index contributed by atoms with van der Waals surface area (Å²) in [6.45, 7) is 6.36. The molecule has 3 atom stereocenters. The van der Waals surface area contributed by atoms with Gasteiger partial charge in [-0.3, -0.25) is 9.69 Å². The fraction of sp³-hybridized carbons (Fsp3) is 0.933. The zero-order valence-electron chi connectivity index (χ0n) is 12.7. The van der Waals surface area contributed by atoms with E-state index in [-0.39, 0.29) is 5.97 Å². The molecule has 0 aromatic carbocycles. The van der Waals surface area contributed by atoms with Crippen LogP contribution in [0, 0.1) is 11.8 Å². The fourth-order valence-electron chi connectivity index (χ4n) is 3.38. The zero-order valence-corrected chi connectivity index (χ0v) is 12.7. The average molecular weight is 270 g/mol. The number of likely N-dealkylation sites (N-methyl/N-ethyl adjacent to an activating group) is 1. The van der Waals surface area contributed by atoms with Crippen molar-refractivity contribution < 1.29 is 9.53 Å². The van der Waals surface area contributed by atoms with E-state index in [0.717, 1.165) is 19.0 Å². The van der Waals surface area contributed by atoms with Gasteiger partial charge in [-0.05, 0) is 37.8 Å². The summed E-state index contributed by atoms with van der Waals surface area (Å²) in [5, 5.41) is 0. The highest BCUT2D eigenvalue weighted by atomic mass is 16.5. The van der Waals surface area contributed by atoms with E-state index in [1.54, 1.807) is 0 Å². The van der Waals surface area contributed by atoms with Gasteiger partial charge in [-0.2, -0.15) is 0 Å². The quantitative estimate of drug-likeness (QED) is 0.719. The highest BCUT2D eigenvalue weighted by molar-refractivity contribution is 5.71. The number of nitrogens with two attached hydrogens (primary N) is 1. The molecule has 1 fully saturated rings. The lowest BCUT2D eigenvalue weighted by molar-refractivity contribution is -0.143. The van der Waals surface area contributed by atoms with Crippen molar-refractivity contribution in [3.05, 3.63) is 0 Å². The van der Waals surface area contributed by atoms with Crippen molar-refractivity contribution in [3.63, 3.8) is 0 Å². The topological polar surface area (TPSA) is 55.6 Å². The van der Waals surface area contributed by atoms with Crippen LogP contribution in [0.5, 0.6) is 0 Å². The zero-order chi connectivity index (χ0) is 14.3. The lowest BCUT2D eigenvalue weighted by Gasteiger charge is -2.41. The van der Waals surface area contributed by atoms with Gasteiger partial charge in [0.05, 0.1) is 13.7 Å². The SMILES string of the molecule is CCCC1CCC(CN)C(N(CC)CC(=O)OC)C1. The molecule has 1 saturated carbocycles. The van der Waals surface area contributed by atoms with Crippen LogP contribution in [0.4, 0.5) is 0 Å². The Morgan fingerprint density at radius 2 is 2.11 bits per heavy atom. The molecule has 0 saturated heterocycles. The molecule has 112 valence electrons. The van der Waals surface area contributed by atoms with E-state index in [1.807, 2.05) is 0 Å². The van der Waals surface area contributed by atoms with Crippen molar-refractivity contribution in [2.24, 2.45) is 17.6 Å². The summed E-state index contributed by atoms with van der Waals surface area (Å²) < 4.78 is 4.80. The van der Waals surface area contributed by atoms with Gasteiger partial charge in [-0.25, -0.2) is 0 Å². The number of esters is 1. The van der Waals surface area contributed by atoms with Gasteiger partial charge in [-0.15, -0.1) is 0 Å². The van der Waals surface area contributed by atoms with Crippen LogP contribution >= 0.6 is 0 Å². The number of hydrogen-bond acceptors (Lipinski definition) is 4. The van der Waals surface area contributed by atoms with Crippen molar-refractivity contribution in [2.75, 3.05) is 26.7 Å². The summed E-state index contributed by atoms with van der Waals surface area (Å²) in [6.07, 6.45) is 6.21. The smallest absolute Gasteiger partial charge is 0.319 e. The first-order valence-electron chi connectivity index (χ1n) is 7.67. The van der Waals surface area contributed by atoms with Crippen LogP contribution in [-0.2, 0) is 9.53 Å². The van der Waals surface area contributed by atoms with E-state index in [2.05, 4.69) is 18.7 Å². The number of carbonyl (C=O) groups excluding carboxylic acids is 1. The molecule has 1 rings (SSSR count). The van der Waals surface area contributed by atoms with Crippen molar-refractivity contribution in [1.82, 2.24) is 4.90 Å². The molecule has 0 bridgehead atoms.